The van der Waals surface area contributed by atoms with E-state index < -0.39 is 10.0 Å². The summed E-state index contributed by atoms with van der Waals surface area (Å²) in [6, 6.07) is 7.33. The molecule has 0 radical (unpaired) electrons. The highest BCUT2D eigenvalue weighted by molar-refractivity contribution is 9.10. The number of anilines is 1. The standard InChI is InChI=1S/C12H15BrN4O2S/c1-3-4-9-5-7-10(8-6-9)15-20(18,19)12-11(13)14-16-17(12)2/h5-8,15H,3-4H2,1-2H3. The molecule has 2 rings (SSSR count). The second kappa shape index (κ2) is 5.92. The average molecular weight is 359 g/mol. The lowest BCUT2D eigenvalue weighted by Crippen LogP contribution is -2.17. The van der Waals surface area contributed by atoms with Crippen molar-refractivity contribution >= 4 is 31.6 Å². The predicted molar refractivity (Wildman–Crippen MR) is 79.9 cm³/mol. The monoisotopic (exact) mass is 358 g/mol. The van der Waals surface area contributed by atoms with Crippen molar-refractivity contribution in [3.05, 3.63) is 34.4 Å². The van der Waals surface area contributed by atoms with E-state index in [1.807, 2.05) is 12.1 Å². The summed E-state index contributed by atoms with van der Waals surface area (Å²) in [4.78, 5) is 0. The van der Waals surface area contributed by atoms with Crippen molar-refractivity contribution in [3.8, 4) is 0 Å². The number of nitrogens with one attached hydrogen (secondary N) is 1. The molecule has 0 amide bonds. The van der Waals surface area contributed by atoms with Crippen LogP contribution in [0.5, 0.6) is 0 Å². The molecular weight excluding hydrogens is 344 g/mol. The van der Waals surface area contributed by atoms with E-state index in [0.717, 1.165) is 12.8 Å². The Bertz CT molecular complexity index is 675. The zero-order valence-corrected chi connectivity index (χ0v) is 13.6. The van der Waals surface area contributed by atoms with Crippen molar-refractivity contribution in [2.75, 3.05) is 4.72 Å². The molecule has 6 nitrogen and oxygen atoms in total. The number of hydrogen-bond donors (Lipinski definition) is 1. The molecule has 0 aliphatic rings. The molecule has 0 spiro atoms. The first kappa shape index (κ1) is 15.0. The minimum atomic E-state index is -3.72. The van der Waals surface area contributed by atoms with Crippen LogP contribution in [0.15, 0.2) is 33.9 Å². The van der Waals surface area contributed by atoms with E-state index in [9.17, 15) is 8.42 Å². The lowest BCUT2D eigenvalue weighted by Gasteiger charge is -2.08. The van der Waals surface area contributed by atoms with Gasteiger partial charge in [0.25, 0.3) is 10.0 Å². The fourth-order valence-electron chi connectivity index (χ4n) is 1.84. The zero-order chi connectivity index (χ0) is 14.8. The summed E-state index contributed by atoms with van der Waals surface area (Å²) in [6.07, 6.45) is 2.03. The van der Waals surface area contributed by atoms with E-state index >= 15 is 0 Å². The number of halogens is 1. The largest absolute Gasteiger partial charge is 0.281 e. The average Bonchev–Trinajstić information content (AvgIpc) is 2.72. The van der Waals surface area contributed by atoms with Crippen molar-refractivity contribution in [2.45, 2.75) is 24.8 Å². The molecule has 2 aromatic rings. The topological polar surface area (TPSA) is 76.9 Å². The summed E-state index contributed by atoms with van der Waals surface area (Å²) in [5.41, 5.74) is 1.69. The summed E-state index contributed by atoms with van der Waals surface area (Å²) in [5, 5.41) is 7.33. The first-order valence-corrected chi connectivity index (χ1v) is 8.38. The number of nitrogens with zero attached hydrogens (tertiary/aromatic N) is 3. The number of aromatic nitrogens is 3. The van der Waals surface area contributed by atoms with Crippen LogP contribution in [0.25, 0.3) is 0 Å². The summed E-state index contributed by atoms with van der Waals surface area (Å²) >= 11 is 3.08. The number of hydrogen-bond acceptors (Lipinski definition) is 4. The Labute approximate surface area is 126 Å². The third-order valence-corrected chi connectivity index (χ3v) is 5.00. The van der Waals surface area contributed by atoms with Crippen molar-refractivity contribution in [1.82, 2.24) is 15.0 Å². The Balaban J connectivity index is 2.24. The summed E-state index contributed by atoms with van der Waals surface area (Å²) in [5.74, 6) is 0. The molecule has 1 N–H and O–H groups in total. The van der Waals surface area contributed by atoms with Crippen LogP contribution in [0.1, 0.15) is 18.9 Å². The van der Waals surface area contributed by atoms with Gasteiger partial charge in [-0.3, -0.25) is 4.72 Å². The van der Waals surface area contributed by atoms with E-state index in [0.29, 0.717) is 5.69 Å². The van der Waals surface area contributed by atoms with Gasteiger partial charge in [0.05, 0.1) is 0 Å². The van der Waals surface area contributed by atoms with Gasteiger partial charge in [-0.15, -0.1) is 5.10 Å². The number of aryl methyl sites for hydroxylation is 2. The Hall–Kier alpha value is -1.41. The normalized spacial score (nSPS) is 11.6. The van der Waals surface area contributed by atoms with Crippen LogP contribution in [0, 0.1) is 0 Å². The van der Waals surface area contributed by atoms with Crippen LogP contribution in [0.4, 0.5) is 5.69 Å². The molecule has 1 aromatic heterocycles. The Morgan fingerprint density at radius 1 is 1.30 bits per heavy atom. The highest BCUT2D eigenvalue weighted by Crippen LogP contribution is 2.21. The van der Waals surface area contributed by atoms with Crippen LogP contribution in [-0.2, 0) is 23.5 Å². The third kappa shape index (κ3) is 3.18. The Morgan fingerprint density at radius 3 is 2.45 bits per heavy atom. The maximum Gasteiger partial charge on any atom is 0.281 e. The molecule has 0 unspecified atom stereocenters. The Morgan fingerprint density at radius 2 is 1.95 bits per heavy atom. The molecule has 108 valence electrons. The quantitative estimate of drug-likeness (QED) is 0.889. The summed E-state index contributed by atoms with van der Waals surface area (Å²) in [7, 11) is -2.19. The fourth-order valence-corrected chi connectivity index (χ4v) is 4.00. The molecule has 0 aliphatic carbocycles. The molecule has 0 aliphatic heterocycles. The highest BCUT2D eigenvalue weighted by atomic mass is 79.9. The molecule has 0 fully saturated rings. The smallest absolute Gasteiger partial charge is 0.278 e. The van der Waals surface area contributed by atoms with E-state index in [-0.39, 0.29) is 9.63 Å². The van der Waals surface area contributed by atoms with Gasteiger partial charge < -0.3 is 0 Å². The summed E-state index contributed by atoms with van der Waals surface area (Å²) < 4.78 is 28.5. The number of sulfonamides is 1. The minimum Gasteiger partial charge on any atom is -0.278 e. The van der Waals surface area contributed by atoms with Crippen LogP contribution in [0.3, 0.4) is 0 Å². The van der Waals surface area contributed by atoms with Crippen LogP contribution in [-0.4, -0.2) is 23.4 Å². The first-order valence-electron chi connectivity index (χ1n) is 6.11. The van der Waals surface area contributed by atoms with Crippen LogP contribution >= 0.6 is 15.9 Å². The number of rotatable bonds is 5. The maximum atomic E-state index is 12.3. The lowest BCUT2D eigenvalue weighted by molar-refractivity contribution is 0.578. The molecule has 0 saturated carbocycles. The molecule has 1 heterocycles. The number of benzene rings is 1. The Kier molecular flexibility index (Phi) is 4.44. The van der Waals surface area contributed by atoms with Gasteiger partial charge in [0.15, 0.2) is 4.60 Å². The lowest BCUT2D eigenvalue weighted by atomic mass is 10.1. The van der Waals surface area contributed by atoms with Gasteiger partial charge in [-0.1, -0.05) is 30.7 Å². The van der Waals surface area contributed by atoms with Gasteiger partial charge in [0, 0.05) is 12.7 Å². The van der Waals surface area contributed by atoms with Gasteiger partial charge in [-0.05, 0) is 40.0 Å². The molecule has 0 saturated heterocycles. The van der Waals surface area contributed by atoms with Crippen molar-refractivity contribution < 1.29 is 8.42 Å². The van der Waals surface area contributed by atoms with Crippen LogP contribution < -0.4 is 4.72 Å². The molecule has 1 aromatic carbocycles. The van der Waals surface area contributed by atoms with E-state index in [2.05, 4.69) is 37.9 Å². The first-order chi connectivity index (χ1) is 9.44. The molecule has 0 bridgehead atoms. The minimum absolute atomic E-state index is 0.00450. The SMILES string of the molecule is CCCc1ccc(NS(=O)(=O)c2c(Br)nnn2C)cc1. The van der Waals surface area contributed by atoms with E-state index in [1.54, 1.807) is 12.1 Å². The van der Waals surface area contributed by atoms with Gasteiger partial charge in [0.1, 0.15) is 0 Å². The highest BCUT2D eigenvalue weighted by Gasteiger charge is 2.23. The maximum absolute atomic E-state index is 12.3. The van der Waals surface area contributed by atoms with Crippen molar-refractivity contribution in [2.24, 2.45) is 7.05 Å². The second-order valence-electron chi connectivity index (χ2n) is 4.36. The van der Waals surface area contributed by atoms with Crippen LogP contribution in [0.2, 0.25) is 0 Å². The van der Waals surface area contributed by atoms with Gasteiger partial charge in [-0.2, -0.15) is 8.42 Å². The van der Waals surface area contributed by atoms with E-state index in [1.165, 1.54) is 17.3 Å². The van der Waals surface area contributed by atoms with Gasteiger partial charge in [-0.25, -0.2) is 4.68 Å². The van der Waals surface area contributed by atoms with Gasteiger partial charge >= 0.3 is 0 Å². The molecule has 20 heavy (non-hydrogen) atoms. The fraction of sp³-hybridized carbons (Fsp3) is 0.333. The molecule has 8 heteroatoms. The molecule has 0 atom stereocenters. The second-order valence-corrected chi connectivity index (χ2v) is 6.71. The van der Waals surface area contributed by atoms with Crippen molar-refractivity contribution in [3.63, 3.8) is 0 Å². The van der Waals surface area contributed by atoms with E-state index in [4.69, 9.17) is 0 Å². The predicted octanol–water partition coefficient (Wildman–Crippen LogP) is 2.33. The zero-order valence-electron chi connectivity index (χ0n) is 11.2. The van der Waals surface area contributed by atoms with Crippen molar-refractivity contribution in [1.29, 1.82) is 0 Å². The summed E-state index contributed by atoms with van der Waals surface area (Å²) in [6.45, 7) is 2.10. The molecular formula is C12H15BrN4O2S. The van der Waals surface area contributed by atoms with Gasteiger partial charge in [0.2, 0.25) is 5.03 Å². The third-order valence-electron chi connectivity index (χ3n) is 2.74.